The molecule has 1 fully saturated rings. The highest BCUT2D eigenvalue weighted by Gasteiger charge is 2.30. The van der Waals surface area contributed by atoms with E-state index in [0.29, 0.717) is 0 Å². The van der Waals surface area contributed by atoms with Crippen LogP contribution in [0.3, 0.4) is 0 Å². The fraction of sp³-hybridized carbons (Fsp3) is 0.429. The quantitative estimate of drug-likeness (QED) is 0.879. The van der Waals surface area contributed by atoms with Gasteiger partial charge in [0.05, 0.1) is 6.04 Å². The predicted molar refractivity (Wildman–Crippen MR) is 74.5 cm³/mol. The molecule has 1 aliphatic rings. The Balaban J connectivity index is 1.55. The average molecular weight is 287 g/mol. The van der Waals surface area contributed by atoms with E-state index < -0.39 is 0 Å². The fourth-order valence-corrected chi connectivity index (χ4v) is 2.56. The van der Waals surface area contributed by atoms with Gasteiger partial charge in [-0.1, -0.05) is 18.2 Å². The number of hydrogen-bond acceptors (Lipinski definition) is 5. The van der Waals surface area contributed by atoms with Crippen LogP contribution in [0, 0.1) is 0 Å². The van der Waals surface area contributed by atoms with Crippen LogP contribution in [0.4, 0.5) is 0 Å². The summed E-state index contributed by atoms with van der Waals surface area (Å²) in [5.74, 6) is 0.736. The van der Waals surface area contributed by atoms with Crippen LogP contribution in [0.2, 0.25) is 0 Å². The van der Waals surface area contributed by atoms with E-state index in [2.05, 4.69) is 20.8 Å². The third kappa shape index (κ3) is 3.56. The summed E-state index contributed by atoms with van der Waals surface area (Å²) >= 11 is 0. The van der Waals surface area contributed by atoms with Crippen molar-refractivity contribution in [3.63, 3.8) is 0 Å². The lowest BCUT2D eigenvalue weighted by Crippen LogP contribution is -2.43. The first-order chi connectivity index (χ1) is 10.3. The van der Waals surface area contributed by atoms with E-state index in [1.165, 1.54) is 11.0 Å². The van der Waals surface area contributed by atoms with E-state index in [1.807, 2.05) is 30.3 Å². The number of nitrogens with zero attached hydrogens (tertiary/aromatic N) is 4. The van der Waals surface area contributed by atoms with Gasteiger partial charge in [0.2, 0.25) is 5.91 Å². The predicted octanol–water partition coefficient (Wildman–Crippen LogP) is 0.789. The average Bonchev–Trinajstić information content (AvgIpc) is 3.13. The van der Waals surface area contributed by atoms with E-state index >= 15 is 0 Å². The van der Waals surface area contributed by atoms with E-state index in [-0.39, 0.29) is 24.6 Å². The Bertz CT molecular complexity index is 572. The number of para-hydroxylation sites is 1. The lowest BCUT2D eigenvalue weighted by atomic mass is 10.2. The Morgan fingerprint density at radius 3 is 2.95 bits per heavy atom. The van der Waals surface area contributed by atoms with Crippen LogP contribution < -0.4 is 10.1 Å². The van der Waals surface area contributed by atoms with Gasteiger partial charge in [-0.05, 0) is 41.8 Å². The normalized spacial score (nSPS) is 21.1. The monoisotopic (exact) mass is 287 g/mol. The molecule has 3 rings (SSSR count). The highest BCUT2D eigenvalue weighted by molar-refractivity contribution is 5.76. The molecule has 2 aromatic rings. The summed E-state index contributed by atoms with van der Waals surface area (Å²) in [4.78, 5) is 12.0. The second kappa shape index (κ2) is 6.34. The SMILES string of the molecule is O=C(Cn1cnnn1)N[C@H]1CCC[C@@H]1Oc1ccccc1. The highest BCUT2D eigenvalue weighted by Crippen LogP contribution is 2.24. The zero-order valence-electron chi connectivity index (χ0n) is 11.6. The third-order valence-corrected chi connectivity index (χ3v) is 3.53. The fourth-order valence-electron chi connectivity index (χ4n) is 2.56. The number of tetrazole rings is 1. The zero-order chi connectivity index (χ0) is 14.5. The van der Waals surface area contributed by atoms with Gasteiger partial charge in [0, 0.05) is 0 Å². The summed E-state index contributed by atoms with van der Waals surface area (Å²) in [5, 5.41) is 13.7. The minimum Gasteiger partial charge on any atom is -0.488 e. The first kappa shape index (κ1) is 13.5. The molecule has 0 bridgehead atoms. The molecule has 0 unspecified atom stereocenters. The Hall–Kier alpha value is -2.44. The standard InChI is InChI=1S/C14H17N5O2/c20-14(9-19-10-15-17-18-19)16-12-7-4-8-13(12)21-11-5-2-1-3-6-11/h1-3,5-6,10,12-13H,4,7-9H2,(H,16,20)/t12-,13-/m0/s1. The summed E-state index contributed by atoms with van der Waals surface area (Å²) in [6.07, 6.45) is 4.37. The summed E-state index contributed by atoms with van der Waals surface area (Å²) in [6.45, 7) is 0.127. The lowest BCUT2D eigenvalue weighted by Gasteiger charge is -2.22. The molecule has 0 spiro atoms. The smallest absolute Gasteiger partial charge is 0.242 e. The molecule has 1 aliphatic carbocycles. The number of hydrogen-bond donors (Lipinski definition) is 1. The summed E-state index contributed by atoms with van der Waals surface area (Å²) in [5.41, 5.74) is 0. The molecule has 7 nitrogen and oxygen atoms in total. The van der Waals surface area contributed by atoms with E-state index in [1.54, 1.807) is 0 Å². The van der Waals surface area contributed by atoms with Gasteiger partial charge in [0.15, 0.2) is 0 Å². The Kier molecular flexibility index (Phi) is 4.09. The van der Waals surface area contributed by atoms with Crippen LogP contribution in [0.5, 0.6) is 5.75 Å². The van der Waals surface area contributed by atoms with Gasteiger partial charge >= 0.3 is 0 Å². The minimum atomic E-state index is -0.101. The second-order valence-electron chi connectivity index (χ2n) is 5.08. The van der Waals surface area contributed by atoms with Gasteiger partial charge in [-0.15, -0.1) is 5.10 Å². The summed E-state index contributed by atoms with van der Waals surface area (Å²) in [7, 11) is 0. The van der Waals surface area contributed by atoms with Gasteiger partial charge < -0.3 is 10.1 Å². The van der Waals surface area contributed by atoms with Crippen LogP contribution in [0.25, 0.3) is 0 Å². The molecular formula is C14H17N5O2. The Morgan fingerprint density at radius 1 is 1.33 bits per heavy atom. The maximum absolute atomic E-state index is 12.0. The third-order valence-electron chi connectivity index (χ3n) is 3.53. The van der Waals surface area contributed by atoms with Crippen molar-refractivity contribution in [2.24, 2.45) is 0 Å². The highest BCUT2D eigenvalue weighted by atomic mass is 16.5. The number of amides is 1. The summed E-state index contributed by atoms with van der Waals surface area (Å²) < 4.78 is 7.36. The molecule has 0 saturated heterocycles. The molecule has 21 heavy (non-hydrogen) atoms. The Labute approximate surface area is 122 Å². The number of aromatic nitrogens is 4. The molecule has 0 aliphatic heterocycles. The first-order valence-electron chi connectivity index (χ1n) is 7.03. The van der Waals surface area contributed by atoms with E-state index in [9.17, 15) is 4.79 Å². The minimum absolute atomic E-state index is 0.0187. The van der Waals surface area contributed by atoms with Crippen molar-refractivity contribution in [3.05, 3.63) is 36.7 Å². The molecular weight excluding hydrogens is 270 g/mol. The van der Waals surface area contributed by atoms with Gasteiger partial charge in [0.25, 0.3) is 0 Å². The van der Waals surface area contributed by atoms with Crippen LogP contribution in [0.15, 0.2) is 36.7 Å². The number of rotatable bonds is 5. The van der Waals surface area contributed by atoms with Crippen LogP contribution in [0.1, 0.15) is 19.3 Å². The maximum Gasteiger partial charge on any atom is 0.242 e. The van der Waals surface area contributed by atoms with Crippen molar-refractivity contribution < 1.29 is 9.53 Å². The van der Waals surface area contributed by atoms with Gasteiger partial charge in [-0.2, -0.15) is 0 Å². The first-order valence-corrected chi connectivity index (χ1v) is 7.03. The molecule has 7 heteroatoms. The molecule has 2 atom stereocenters. The van der Waals surface area contributed by atoms with Crippen molar-refractivity contribution >= 4 is 5.91 Å². The van der Waals surface area contributed by atoms with Crippen molar-refractivity contribution in [3.8, 4) is 5.75 Å². The Morgan fingerprint density at radius 2 is 2.19 bits per heavy atom. The number of carbonyl (C=O) groups excluding carboxylic acids is 1. The number of nitrogens with one attached hydrogen (secondary N) is 1. The topological polar surface area (TPSA) is 81.9 Å². The van der Waals surface area contributed by atoms with Gasteiger partial charge in [-0.25, -0.2) is 4.68 Å². The van der Waals surface area contributed by atoms with Crippen molar-refractivity contribution in [1.29, 1.82) is 0 Å². The van der Waals surface area contributed by atoms with Gasteiger partial charge in [0.1, 0.15) is 24.7 Å². The number of benzene rings is 1. The lowest BCUT2D eigenvalue weighted by molar-refractivity contribution is -0.123. The molecule has 110 valence electrons. The number of carbonyl (C=O) groups is 1. The summed E-state index contributed by atoms with van der Waals surface area (Å²) in [6, 6.07) is 9.73. The molecule has 1 saturated carbocycles. The number of ether oxygens (including phenoxy) is 1. The van der Waals surface area contributed by atoms with Crippen molar-refractivity contribution in [2.45, 2.75) is 38.0 Å². The maximum atomic E-state index is 12.0. The molecule has 1 aromatic heterocycles. The van der Waals surface area contributed by atoms with E-state index in [4.69, 9.17) is 4.74 Å². The molecule has 1 aromatic carbocycles. The molecule has 1 amide bonds. The molecule has 1 N–H and O–H groups in total. The van der Waals surface area contributed by atoms with Crippen LogP contribution in [-0.4, -0.2) is 38.3 Å². The van der Waals surface area contributed by atoms with Crippen molar-refractivity contribution in [1.82, 2.24) is 25.5 Å². The largest absolute Gasteiger partial charge is 0.488 e. The molecule has 1 heterocycles. The van der Waals surface area contributed by atoms with Gasteiger partial charge in [-0.3, -0.25) is 4.79 Å². The second-order valence-corrected chi connectivity index (χ2v) is 5.08. The van der Waals surface area contributed by atoms with Crippen LogP contribution in [-0.2, 0) is 11.3 Å². The molecule has 0 radical (unpaired) electrons. The van der Waals surface area contributed by atoms with Crippen LogP contribution >= 0.6 is 0 Å². The van der Waals surface area contributed by atoms with Crippen molar-refractivity contribution in [2.75, 3.05) is 0 Å². The zero-order valence-corrected chi connectivity index (χ0v) is 11.6. The van der Waals surface area contributed by atoms with E-state index in [0.717, 1.165) is 25.0 Å².